The number of thiophene rings is 2. The molecule has 2 saturated carbocycles. The topological polar surface area (TPSA) is 140 Å². The van der Waals surface area contributed by atoms with Gasteiger partial charge in [0.2, 0.25) is 0 Å². The number of aliphatic hydroxyl groups is 2. The number of carbonyl (C=O) groups is 1. The van der Waals surface area contributed by atoms with Gasteiger partial charge < -0.3 is 31.7 Å². The highest BCUT2D eigenvalue weighted by molar-refractivity contribution is 7.23. The molecule has 0 saturated heterocycles. The van der Waals surface area contributed by atoms with Crippen LogP contribution in [0.5, 0.6) is 5.75 Å². The van der Waals surface area contributed by atoms with Crippen molar-refractivity contribution in [2.45, 2.75) is 77.4 Å². The highest BCUT2D eigenvalue weighted by Gasteiger charge is 2.52. The number of benzene rings is 1. The molecule has 0 aliphatic heterocycles. The molecule has 0 unspecified atom stereocenters. The van der Waals surface area contributed by atoms with Crippen molar-refractivity contribution in [3.05, 3.63) is 57.8 Å². The van der Waals surface area contributed by atoms with Gasteiger partial charge in [-0.25, -0.2) is 0 Å². The molecule has 0 radical (unpaired) electrons. The standard InChI is InChI=1S/C37H48N4O4S2/c1-4-5-29-7-9-32(46-29)33-10-11-34(47-33)35(45)30-8-6-26(21-37(30)14-12-24(20-37)13-15-42)31(41-36(38)39-3)18-25-16-27(19-28(44)17-25)40-22-23(2)43/h7,9-11,16-17,19,23-24,26,30-31,40,42-44H,6,8,12-15,18,20-22H2,1-3H3,(H3,38,39,41)/t23-,24+,26-,30+,31+,37-/m0/s1. The molecule has 6 atom stereocenters. The molecule has 2 fully saturated rings. The number of guanidine groups is 1. The average Bonchev–Trinajstić information content (AvgIpc) is 3.80. The third-order valence-electron chi connectivity index (χ3n) is 9.96. The SMILES string of the molecule is CC#Cc1ccc(-c2ccc(C(=O)[C@H]3CC[C@H]([C@@H](Cc4cc(O)cc(NC[C@H](C)O)c4)NC(N)=NC)C[C@@]34CC[C@H](CCO)C4)s2)s1. The molecule has 8 nitrogen and oxygen atoms in total. The van der Waals surface area contributed by atoms with Gasteiger partial charge in [-0.3, -0.25) is 9.79 Å². The predicted molar refractivity (Wildman–Crippen MR) is 193 cm³/mol. The second-order valence-corrected chi connectivity index (χ2v) is 15.5. The molecular weight excluding hydrogens is 629 g/mol. The second kappa shape index (κ2) is 15.7. The Labute approximate surface area is 286 Å². The minimum atomic E-state index is -0.518. The summed E-state index contributed by atoms with van der Waals surface area (Å²) in [6.07, 6.45) is 6.33. The van der Waals surface area contributed by atoms with Crippen LogP contribution in [-0.4, -0.2) is 59.4 Å². The Morgan fingerprint density at radius 2 is 1.91 bits per heavy atom. The minimum Gasteiger partial charge on any atom is -0.508 e. The highest BCUT2D eigenvalue weighted by atomic mass is 32.1. The molecule has 7 N–H and O–H groups in total. The third kappa shape index (κ3) is 8.57. The zero-order chi connectivity index (χ0) is 33.6. The van der Waals surface area contributed by atoms with Crippen LogP contribution in [0.15, 0.2) is 47.5 Å². The fourth-order valence-electron chi connectivity index (χ4n) is 7.85. The largest absolute Gasteiger partial charge is 0.508 e. The minimum absolute atomic E-state index is 0.0532. The van der Waals surface area contributed by atoms with Crippen molar-refractivity contribution in [1.82, 2.24) is 5.32 Å². The summed E-state index contributed by atoms with van der Waals surface area (Å²) in [4.78, 5) is 22.7. The summed E-state index contributed by atoms with van der Waals surface area (Å²) in [6.45, 7) is 4.10. The van der Waals surface area contributed by atoms with E-state index >= 15 is 0 Å². The van der Waals surface area contributed by atoms with Crippen molar-refractivity contribution < 1.29 is 20.1 Å². The maximum absolute atomic E-state index is 14.4. The molecule has 5 rings (SSSR count). The van der Waals surface area contributed by atoms with Crippen molar-refractivity contribution in [1.29, 1.82) is 0 Å². The van der Waals surface area contributed by atoms with Gasteiger partial charge in [0.25, 0.3) is 0 Å². The fraction of sp³-hybridized carbons (Fsp3) is 0.514. The van der Waals surface area contributed by atoms with E-state index in [1.54, 1.807) is 48.8 Å². The Balaban J connectivity index is 1.40. The predicted octanol–water partition coefficient (Wildman–Crippen LogP) is 6.26. The number of ketones is 1. The first-order valence-corrected chi connectivity index (χ1v) is 18.3. The van der Waals surface area contributed by atoms with Crippen molar-refractivity contribution in [2.24, 2.45) is 33.9 Å². The lowest BCUT2D eigenvalue weighted by molar-refractivity contribution is 0.0383. The molecule has 252 valence electrons. The van der Waals surface area contributed by atoms with Crippen LogP contribution in [-0.2, 0) is 6.42 Å². The summed E-state index contributed by atoms with van der Waals surface area (Å²) < 4.78 is 0. The van der Waals surface area contributed by atoms with E-state index in [0.29, 0.717) is 24.8 Å². The van der Waals surface area contributed by atoms with E-state index in [2.05, 4.69) is 39.6 Å². The lowest BCUT2D eigenvalue weighted by Gasteiger charge is -2.46. The van der Waals surface area contributed by atoms with Crippen molar-refractivity contribution in [3.8, 4) is 27.3 Å². The van der Waals surface area contributed by atoms with E-state index in [4.69, 9.17) is 5.73 Å². The lowest BCUT2D eigenvalue weighted by Crippen LogP contribution is -2.50. The number of phenolic OH excluding ortho intramolecular Hbond substituents is 1. The summed E-state index contributed by atoms with van der Waals surface area (Å²) >= 11 is 3.24. The number of nitrogens with one attached hydrogen (secondary N) is 2. The average molecular weight is 677 g/mol. The maximum atomic E-state index is 14.4. The fourth-order valence-corrected chi connectivity index (χ4v) is 9.85. The summed E-state index contributed by atoms with van der Waals surface area (Å²) in [6, 6.07) is 13.6. The number of nitrogens with zero attached hydrogens (tertiary/aromatic N) is 1. The van der Waals surface area contributed by atoms with Gasteiger partial charge in [0.05, 0.1) is 15.9 Å². The number of Topliss-reactive ketones (excluding diaryl/α,β-unsaturated/α-hetero) is 1. The van der Waals surface area contributed by atoms with Crippen LogP contribution in [0.2, 0.25) is 0 Å². The lowest BCUT2D eigenvalue weighted by atomic mass is 9.58. The molecule has 0 amide bonds. The number of carbonyl (C=O) groups excluding carboxylic acids is 1. The molecule has 2 aliphatic rings. The Hall–Kier alpha value is -3.36. The van der Waals surface area contributed by atoms with Crippen molar-refractivity contribution in [3.63, 3.8) is 0 Å². The van der Waals surface area contributed by atoms with Crippen LogP contribution < -0.4 is 16.4 Å². The van der Waals surface area contributed by atoms with Crippen LogP contribution in [0, 0.1) is 35.0 Å². The van der Waals surface area contributed by atoms with E-state index in [9.17, 15) is 20.1 Å². The van der Waals surface area contributed by atoms with Crippen LogP contribution in [0.1, 0.15) is 78.9 Å². The second-order valence-electron chi connectivity index (χ2n) is 13.3. The van der Waals surface area contributed by atoms with Crippen LogP contribution in [0.3, 0.4) is 0 Å². The number of hydrogen-bond acceptors (Lipinski definition) is 8. The first-order chi connectivity index (χ1) is 22.6. The zero-order valence-electron chi connectivity index (χ0n) is 27.6. The van der Waals surface area contributed by atoms with Gasteiger partial charge in [-0.05, 0) is 124 Å². The summed E-state index contributed by atoms with van der Waals surface area (Å²) in [7, 11) is 1.67. The Bertz CT molecular complexity index is 1620. The summed E-state index contributed by atoms with van der Waals surface area (Å²) in [5.41, 5.74) is 7.80. The van der Waals surface area contributed by atoms with Crippen LogP contribution >= 0.6 is 22.7 Å². The number of nitrogens with two attached hydrogens (primary N) is 1. The summed E-state index contributed by atoms with van der Waals surface area (Å²) in [5.74, 6) is 7.42. The quantitative estimate of drug-likeness (QED) is 0.0576. The van der Waals surface area contributed by atoms with Gasteiger partial charge in [0.1, 0.15) is 5.75 Å². The zero-order valence-corrected chi connectivity index (χ0v) is 29.2. The molecule has 1 aromatic carbocycles. The molecule has 3 aromatic rings. The number of aliphatic imine (C=N–C) groups is 1. The van der Waals surface area contributed by atoms with Gasteiger partial charge in [-0.1, -0.05) is 5.92 Å². The number of aromatic hydroxyl groups is 1. The Morgan fingerprint density at radius 1 is 1.13 bits per heavy atom. The smallest absolute Gasteiger partial charge is 0.188 e. The Kier molecular flexibility index (Phi) is 11.7. The van der Waals surface area contributed by atoms with Crippen LogP contribution in [0.4, 0.5) is 5.69 Å². The third-order valence-corrected chi connectivity index (χ3v) is 12.3. The molecular formula is C37H48N4O4S2. The molecule has 1 spiro atoms. The normalized spacial score (nSPS) is 24.0. The highest BCUT2D eigenvalue weighted by Crippen LogP contribution is 2.58. The molecule has 10 heteroatoms. The molecule has 2 aliphatic carbocycles. The van der Waals surface area contributed by atoms with Gasteiger partial charge in [0.15, 0.2) is 11.7 Å². The van der Waals surface area contributed by atoms with Crippen molar-refractivity contribution >= 4 is 40.1 Å². The van der Waals surface area contributed by atoms with E-state index in [1.807, 2.05) is 25.1 Å². The first kappa shape index (κ1) is 35.0. The molecule has 2 aromatic heterocycles. The van der Waals surface area contributed by atoms with Crippen molar-refractivity contribution in [2.75, 3.05) is 25.5 Å². The maximum Gasteiger partial charge on any atom is 0.188 e. The number of phenols is 1. The van der Waals surface area contributed by atoms with Gasteiger partial charge in [-0.2, -0.15) is 0 Å². The summed E-state index contributed by atoms with van der Waals surface area (Å²) in [5, 5.41) is 36.8. The number of anilines is 1. The Morgan fingerprint density at radius 3 is 2.66 bits per heavy atom. The molecule has 47 heavy (non-hydrogen) atoms. The van der Waals surface area contributed by atoms with E-state index < -0.39 is 6.10 Å². The number of hydrogen-bond donors (Lipinski definition) is 6. The number of aliphatic hydroxyl groups excluding tert-OH is 2. The van der Waals surface area contributed by atoms with Gasteiger partial charge >= 0.3 is 0 Å². The molecule has 2 heterocycles. The molecule has 0 bridgehead atoms. The van der Waals surface area contributed by atoms with Crippen LogP contribution in [0.25, 0.3) is 9.75 Å². The number of rotatable bonds is 12. The van der Waals surface area contributed by atoms with Gasteiger partial charge in [0, 0.05) is 53.7 Å². The monoisotopic (exact) mass is 676 g/mol. The van der Waals surface area contributed by atoms with E-state index in [-0.39, 0.29) is 41.4 Å². The van der Waals surface area contributed by atoms with E-state index in [0.717, 1.165) is 75.7 Å². The first-order valence-electron chi connectivity index (χ1n) is 16.6. The van der Waals surface area contributed by atoms with E-state index in [1.165, 1.54) is 0 Å². The van der Waals surface area contributed by atoms with Gasteiger partial charge in [-0.15, -0.1) is 28.6 Å².